The van der Waals surface area contributed by atoms with Crippen LogP contribution in [0.4, 0.5) is 0 Å². The molecular weight excluding hydrogens is 312 g/mol. The van der Waals surface area contributed by atoms with Gasteiger partial charge in [0.15, 0.2) is 0 Å². The molecule has 1 rings (SSSR count). The third-order valence-corrected chi connectivity index (χ3v) is 4.28. The third kappa shape index (κ3) is 13.6. The second-order valence-corrected chi connectivity index (χ2v) is 6.76. The Morgan fingerprint density at radius 1 is 1.00 bits per heavy atom. The molecule has 1 aliphatic heterocycles. The summed E-state index contributed by atoms with van der Waals surface area (Å²) in [6, 6.07) is 0. The molecule has 3 nitrogen and oxygen atoms in total. The number of esters is 1. The highest BCUT2D eigenvalue weighted by molar-refractivity contribution is 5.69. The van der Waals surface area contributed by atoms with Crippen molar-refractivity contribution >= 4 is 5.97 Å². The van der Waals surface area contributed by atoms with E-state index in [1.54, 1.807) is 0 Å². The van der Waals surface area contributed by atoms with Gasteiger partial charge in [0.2, 0.25) is 0 Å². The van der Waals surface area contributed by atoms with Gasteiger partial charge < -0.3 is 9.47 Å². The number of epoxide rings is 1. The van der Waals surface area contributed by atoms with E-state index in [1.165, 1.54) is 38.5 Å². The molecule has 3 heteroatoms. The number of carbonyl (C=O) groups excluding carboxylic acids is 1. The molecule has 1 saturated heterocycles. The summed E-state index contributed by atoms with van der Waals surface area (Å²) in [7, 11) is 0. The van der Waals surface area contributed by atoms with Gasteiger partial charge in [0.25, 0.3) is 0 Å². The quantitative estimate of drug-likeness (QED) is 0.160. The monoisotopic (exact) mass is 348 g/mol. The van der Waals surface area contributed by atoms with Crippen LogP contribution in [0.3, 0.4) is 0 Å². The van der Waals surface area contributed by atoms with E-state index in [1.807, 2.05) is 6.92 Å². The fraction of sp³-hybridized carbons (Fsp3) is 0.682. The zero-order valence-electron chi connectivity index (χ0n) is 16.1. The normalized spacial score (nSPS) is 18.4. The van der Waals surface area contributed by atoms with E-state index in [4.69, 9.17) is 9.47 Å². The highest BCUT2D eigenvalue weighted by Gasteiger charge is 2.31. The van der Waals surface area contributed by atoms with Crippen molar-refractivity contribution < 1.29 is 14.3 Å². The van der Waals surface area contributed by atoms with Crippen molar-refractivity contribution in [3.8, 4) is 0 Å². The summed E-state index contributed by atoms with van der Waals surface area (Å²) in [6.07, 6.45) is 24.0. The smallest absolute Gasteiger partial charge is 0.306 e. The Hall–Kier alpha value is -1.35. The minimum atomic E-state index is -0.0832. The topological polar surface area (TPSA) is 38.8 Å². The van der Waals surface area contributed by atoms with Gasteiger partial charge in [-0.05, 0) is 32.6 Å². The van der Waals surface area contributed by atoms with Crippen molar-refractivity contribution in [2.75, 3.05) is 6.61 Å². The van der Waals surface area contributed by atoms with Crippen LogP contribution in [-0.2, 0) is 14.3 Å². The van der Waals surface area contributed by atoms with Crippen molar-refractivity contribution in [1.29, 1.82) is 0 Å². The van der Waals surface area contributed by atoms with E-state index in [9.17, 15) is 4.79 Å². The van der Waals surface area contributed by atoms with Crippen LogP contribution >= 0.6 is 0 Å². The first-order chi connectivity index (χ1) is 12.2. The number of ether oxygens (including phenoxy) is 2. The predicted octanol–water partition coefficient (Wildman–Crippen LogP) is 5.91. The second kappa shape index (κ2) is 14.9. The standard InChI is InChI=1S/C22H36O3/c1-3-4-5-6-7-8-9-10-11-12-13-14-15-16-17-18-22(23)25-20(2)21-19-24-21/h6-11,20-21H,3-5,12-19H2,1-2H3. The molecule has 0 aromatic rings. The molecule has 0 saturated carbocycles. The zero-order valence-corrected chi connectivity index (χ0v) is 16.1. The van der Waals surface area contributed by atoms with E-state index in [0.717, 1.165) is 25.9 Å². The first kappa shape index (κ1) is 21.7. The molecule has 0 spiro atoms. The summed E-state index contributed by atoms with van der Waals surface area (Å²) in [5.74, 6) is -0.0820. The van der Waals surface area contributed by atoms with Gasteiger partial charge in [0, 0.05) is 6.42 Å². The molecule has 0 bridgehead atoms. The SMILES string of the molecule is CCCCC=CC=CC=CCCCCCCCC(=O)OC(C)C1CO1. The lowest BCUT2D eigenvalue weighted by atomic mass is 10.1. The fourth-order valence-electron chi connectivity index (χ4n) is 2.53. The molecule has 1 fully saturated rings. The van der Waals surface area contributed by atoms with Crippen LogP contribution in [0.1, 0.15) is 78.1 Å². The first-order valence-electron chi connectivity index (χ1n) is 10.0. The number of hydrogen-bond donors (Lipinski definition) is 0. The molecule has 142 valence electrons. The van der Waals surface area contributed by atoms with Gasteiger partial charge in [-0.2, -0.15) is 0 Å². The Bertz CT molecular complexity index is 419. The largest absolute Gasteiger partial charge is 0.460 e. The van der Waals surface area contributed by atoms with Crippen molar-refractivity contribution in [3.05, 3.63) is 36.5 Å². The number of allylic oxidation sites excluding steroid dienone is 6. The Kier molecular flexibility index (Phi) is 13.0. The molecule has 0 aliphatic carbocycles. The van der Waals surface area contributed by atoms with Gasteiger partial charge in [-0.1, -0.05) is 75.5 Å². The van der Waals surface area contributed by atoms with Gasteiger partial charge in [-0.3, -0.25) is 4.79 Å². The average Bonchev–Trinajstić information content (AvgIpc) is 3.43. The molecule has 0 aromatic heterocycles. The van der Waals surface area contributed by atoms with Crippen LogP contribution in [0.2, 0.25) is 0 Å². The van der Waals surface area contributed by atoms with Crippen molar-refractivity contribution in [3.63, 3.8) is 0 Å². The highest BCUT2D eigenvalue weighted by Crippen LogP contribution is 2.17. The van der Waals surface area contributed by atoms with Gasteiger partial charge in [-0.25, -0.2) is 0 Å². The molecule has 0 amide bonds. The predicted molar refractivity (Wildman–Crippen MR) is 105 cm³/mol. The van der Waals surface area contributed by atoms with Crippen LogP contribution in [0.5, 0.6) is 0 Å². The molecule has 25 heavy (non-hydrogen) atoms. The molecule has 1 heterocycles. The Balaban J connectivity index is 1.84. The van der Waals surface area contributed by atoms with Gasteiger partial charge in [0.1, 0.15) is 12.2 Å². The first-order valence-corrected chi connectivity index (χ1v) is 10.0. The zero-order chi connectivity index (χ0) is 18.2. The van der Waals surface area contributed by atoms with Crippen LogP contribution in [-0.4, -0.2) is 24.8 Å². The van der Waals surface area contributed by atoms with Crippen LogP contribution in [0, 0.1) is 0 Å². The lowest BCUT2D eigenvalue weighted by Gasteiger charge is -2.10. The van der Waals surface area contributed by atoms with Gasteiger partial charge in [0.05, 0.1) is 6.61 Å². The van der Waals surface area contributed by atoms with Gasteiger partial charge in [-0.15, -0.1) is 0 Å². The molecule has 2 unspecified atom stereocenters. The lowest BCUT2D eigenvalue weighted by Crippen LogP contribution is -2.19. The van der Waals surface area contributed by atoms with E-state index in [0.29, 0.717) is 6.42 Å². The number of rotatable bonds is 15. The number of hydrogen-bond acceptors (Lipinski definition) is 3. The lowest BCUT2D eigenvalue weighted by molar-refractivity contribution is -0.149. The summed E-state index contributed by atoms with van der Waals surface area (Å²) >= 11 is 0. The van der Waals surface area contributed by atoms with E-state index < -0.39 is 0 Å². The molecule has 0 radical (unpaired) electrons. The van der Waals surface area contributed by atoms with Crippen molar-refractivity contribution in [2.24, 2.45) is 0 Å². The van der Waals surface area contributed by atoms with Crippen LogP contribution in [0.15, 0.2) is 36.5 Å². The van der Waals surface area contributed by atoms with Crippen LogP contribution in [0.25, 0.3) is 0 Å². The Morgan fingerprint density at radius 2 is 1.60 bits per heavy atom. The summed E-state index contributed by atoms with van der Waals surface area (Å²) in [5, 5.41) is 0. The van der Waals surface area contributed by atoms with Crippen molar-refractivity contribution in [2.45, 2.75) is 90.3 Å². The molecule has 0 N–H and O–H groups in total. The maximum absolute atomic E-state index is 11.6. The van der Waals surface area contributed by atoms with E-state index >= 15 is 0 Å². The summed E-state index contributed by atoms with van der Waals surface area (Å²) in [5.41, 5.74) is 0. The summed E-state index contributed by atoms with van der Waals surface area (Å²) in [6.45, 7) is 4.85. The fourth-order valence-corrected chi connectivity index (χ4v) is 2.53. The van der Waals surface area contributed by atoms with E-state index in [-0.39, 0.29) is 18.2 Å². The molecule has 0 aromatic carbocycles. The molecular formula is C22H36O3. The molecule has 1 aliphatic rings. The summed E-state index contributed by atoms with van der Waals surface area (Å²) in [4.78, 5) is 11.6. The number of carbonyl (C=O) groups is 1. The maximum Gasteiger partial charge on any atom is 0.306 e. The Labute approximate surface area is 154 Å². The third-order valence-electron chi connectivity index (χ3n) is 4.28. The number of unbranched alkanes of at least 4 members (excludes halogenated alkanes) is 7. The minimum absolute atomic E-state index is 0.0820. The Morgan fingerprint density at radius 3 is 2.24 bits per heavy atom. The highest BCUT2D eigenvalue weighted by atomic mass is 16.6. The second-order valence-electron chi connectivity index (χ2n) is 6.76. The molecule has 2 atom stereocenters. The van der Waals surface area contributed by atoms with Gasteiger partial charge >= 0.3 is 5.97 Å². The summed E-state index contributed by atoms with van der Waals surface area (Å²) < 4.78 is 10.4. The van der Waals surface area contributed by atoms with Crippen molar-refractivity contribution in [1.82, 2.24) is 0 Å². The van der Waals surface area contributed by atoms with Crippen LogP contribution < -0.4 is 0 Å². The maximum atomic E-state index is 11.6. The van der Waals surface area contributed by atoms with E-state index in [2.05, 4.69) is 43.4 Å². The minimum Gasteiger partial charge on any atom is -0.460 e. The average molecular weight is 349 g/mol.